The third-order valence-corrected chi connectivity index (χ3v) is 12.0. The first-order valence-corrected chi connectivity index (χ1v) is 16.7. The maximum Gasteiger partial charge on any atom is 0.182 e. The quantitative estimate of drug-likeness (QED) is 0.190. The molecule has 216 valence electrons. The van der Waals surface area contributed by atoms with Gasteiger partial charge in [-0.15, -0.1) is 0 Å². The summed E-state index contributed by atoms with van der Waals surface area (Å²) in [6, 6.07) is 21.6. The maximum absolute atomic E-state index is 15.5. The second-order valence-corrected chi connectivity index (χ2v) is 14.6. The minimum absolute atomic E-state index is 0.0918. The Morgan fingerprint density at radius 3 is 1.43 bits per heavy atom. The molecular formula is C33H26Br4O5. The third kappa shape index (κ3) is 4.21. The van der Waals surface area contributed by atoms with Crippen molar-refractivity contribution in [2.45, 2.75) is 47.5 Å². The number of ether oxygens (including phenoxy) is 2. The van der Waals surface area contributed by atoms with Gasteiger partial charge < -0.3 is 19.7 Å². The fraction of sp³-hybridized carbons (Fsp3) is 0.242. The topological polar surface area (TPSA) is 76.0 Å². The number of para-hydroxylation sites is 2. The lowest BCUT2D eigenvalue weighted by molar-refractivity contribution is -0.127. The average Bonchev–Trinajstić information content (AvgIpc) is 3.45. The van der Waals surface area contributed by atoms with Crippen LogP contribution in [0, 0.1) is 0 Å². The Bertz CT molecular complexity index is 1620. The van der Waals surface area contributed by atoms with E-state index in [1.807, 2.05) is 62.4 Å². The van der Waals surface area contributed by atoms with Gasteiger partial charge in [0.1, 0.15) is 35.2 Å². The SMILES string of the molecule is CCC1Oc2ccc(Br)c(-c3ccccc3O)c2C1(Br)C(=O)C1(Br)c2c(ccc(Br)c2-c2ccccc2O)OC1CC. The monoisotopic (exact) mass is 818 g/mol. The molecule has 2 aliphatic heterocycles. The Morgan fingerprint density at radius 2 is 1.07 bits per heavy atom. The van der Waals surface area contributed by atoms with Gasteiger partial charge in [0.2, 0.25) is 0 Å². The van der Waals surface area contributed by atoms with Gasteiger partial charge in [-0.1, -0.05) is 114 Å². The van der Waals surface area contributed by atoms with Crippen LogP contribution in [0.1, 0.15) is 37.8 Å². The Hall–Kier alpha value is -2.33. The molecule has 0 fully saturated rings. The molecule has 0 bridgehead atoms. The molecule has 6 rings (SSSR count). The Labute approximate surface area is 277 Å². The molecule has 0 aromatic heterocycles. The summed E-state index contributed by atoms with van der Waals surface area (Å²) in [6.07, 6.45) is -0.0599. The molecule has 4 aromatic carbocycles. The van der Waals surface area contributed by atoms with E-state index in [0.717, 1.165) is 8.95 Å². The van der Waals surface area contributed by atoms with Gasteiger partial charge in [0.25, 0.3) is 0 Å². The molecule has 0 aliphatic carbocycles. The summed E-state index contributed by atoms with van der Waals surface area (Å²) in [4.78, 5) is 15.5. The van der Waals surface area contributed by atoms with Crippen molar-refractivity contribution in [1.29, 1.82) is 0 Å². The van der Waals surface area contributed by atoms with Crippen molar-refractivity contribution in [2.24, 2.45) is 0 Å². The van der Waals surface area contributed by atoms with E-state index in [1.54, 1.807) is 24.3 Å². The molecule has 0 spiro atoms. The van der Waals surface area contributed by atoms with E-state index in [9.17, 15) is 10.2 Å². The second-order valence-electron chi connectivity index (χ2n) is 10.4. The summed E-state index contributed by atoms with van der Waals surface area (Å²) < 4.78 is 11.7. The molecule has 42 heavy (non-hydrogen) atoms. The first-order valence-electron chi connectivity index (χ1n) is 13.6. The standard InChI is InChI=1S/C33H26Br4O5/c1-3-25-32(36,29-23(41-25)15-13-19(34)27(29)17-9-5-7-11-21(17)38)31(40)33(37)26(4-2)42-24-16-14-20(35)28(30(24)33)18-10-6-8-12-22(18)39/h5-16,25-26,38-39H,3-4H2,1-2H3. The number of rotatable bonds is 6. The number of benzene rings is 4. The van der Waals surface area contributed by atoms with E-state index in [4.69, 9.17) is 9.47 Å². The van der Waals surface area contributed by atoms with Crippen molar-refractivity contribution >= 4 is 69.5 Å². The highest BCUT2D eigenvalue weighted by molar-refractivity contribution is 9.11. The molecule has 0 saturated heterocycles. The van der Waals surface area contributed by atoms with E-state index in [2.05, 4.69) is 63.7 Å². The largest absolute Gasteiger partial charge is 0.507 e. The van der Waals surface area contributed by atoms with Crippen LogP contribution in [-0.4, -0.2) is 28.2 Å². The van der Waals surface area contributed by atoms with Crippen molar-refractivity contribution in [1.82, 2.24) is 0 Å². The third-order valence-electron chi connectivity index (χ3n) is 8.14. The molecule has 4 unspecified atom stereocenters. The number of aromatic hydroxyl groups is 2. The average molecular weight is 822 g/mol. The number of phenols is 2. The summed E-state index contributed by atoms with van der Waals surface area (Å²) in [7, 11) is 0. The van der Waals surface area contributed by atoms with Gasteiger partial charge in [0, 0.05) is 42.3 Å². The van der Waals surface area contributed by atoms with E-state index < -0.39 is 20.9 Å². The number of carbonyl (C=O) groups is 1. The molecule has 0 radical (unpaired) electrons. The molecule has 2 N–H and O–H groups in total. The zero-order valence-corrected chi connectivity index (χ0v) is 29.0. The van der Waals surface area contributed by atoms with Crippen LogP contribution in [0.5, 0.6) is 23.0 Å². The van der Waals surface area contributed by atoms with Gasteiger partial charge in [-0.2, -0.15) is 0 Å². The predicted molar refractivity (Wildman–Crippen MR) is 178 cm³/mol. The molecule has 5 nitrogen and oxygen atoms in total. The summed E-state index contributed by atoms with van der Waals surface area (Å²) in [5.41, 5.74) is 3.77. The molecule has 2 aliphatic rings. The van der Waals surface area contributed by atoms with Crippen LogP contribution in [0.25, 0.3) is 22.3 Å². The van der Waals surface area contributed by atoms with Gasteiger partial charge in [-0.05, 0) is 49.2 Å². The molecule has 9 heteroatoms. The zero-order valence-electron chi connectivity index (χ0n) is 22.6. The first kappa shape index (κ1) is 29.7. The van der Waals surface area contributed by atoms with Gasteiger partial charge in [0.15, 0.2) is 14.4 Å². The molecule has 4 atom stereocenters. The normalized spacial score (nSPS) is 24.0. The number of fused-ring (bicyclic) bond motifs is 2. The smallest absolute Gasteiger partial charge is 0.182 e. The first-order chi connectivity index (χ1) is 20.1. The number of alkyl halides is 2. The molecule has 2 heterocycles. The van der Waals surface area contributed by atoms with Crippen LogP contribution in [-0.2, 0) is 13.4 Å². The highest BCUT2D eigenvalue weighted by Gasteiger charge is 2.65. The minimum atomic E-state index is -1.33. The number of phenolic OH excluding ortho intramolecular Hbond substituents is 2. The molecule has 4 aromatic rings. The fourth-order valence-electron chi connectivity index (χ4n) is 6.24. The Kier molecular flexibility index (Phi) is 7.78. The minimum Gasteiger partial charge on any atom is -0.507 e. The van der Waals surface area contributed by atoms with Crippen LogP contribution < -0.4 is 9.47 Å². The highest BCUT2D eigenvalue weighted by atomic mass is 79.9. The maximum atomic E-state index is 15.5. The van der Waals surface area contributed by atoms with Crippen LogP contribution in [0.3, 0.4) is 0 Å². The van der Waals surface area contributed by atoms with E-state index in [0.29, 0.717) is 57.7 Å². The van der Waals surface area contributed by atoms with E-state index >= 15 is 4.79 Å². The van der Waals surface area contributed by atoms with Gasteiger partial charge >= 0.3 is 0 Å². The summed E-state index contributed by atoms with van der Waals surface area (Å²) in [6.45, 7) is 3.96. The highest BCUT2D eigenvalue weighted by Crippen LogP contribution is 2.63. The lowest BCUT2D eigenvalue weighted by Gasteiger charge is -2.37. The van der Waals surface area contributed by atoms with E-state index in [-0.39, 0.29) is 17.3 Å². The van der Waals surface area contributed by atoms with Crippen LogP contribution in [0.4, 0.5) is 0 Å². The lowest BCUT2D eigenvalue weighted by Crippen LogP contribution is -2.52. The van der Waals surface area contributed by atoms with Crippen LogP contribution >= 0.6 is 63.7 Å². The fourth-order valence-corrected chi connectivity index (χ4v) is 9.84. The summed E-state index contributed by atoms with van der Waals surface area (Å²) in [5.74, 6) is 1.11. The van der Waals surface area contributed by atoms with Crippen molar-refractivity contribution < 1.29 is 24.5 Å². The van der Waals surface area contributed by atoms with Crippen LogP contribution in [0.15, 0.2) is 81.7 Å². The molecule has 0 amide bonds. The van der Waals surface area contributed by atoms with Crippen molar-refractivity contribution in [3.05, 3.63) is 92.9 Å². The number of Topliss-reactive ketones (excluding diaryl/α,β-unsaturated/α-hetero) is 1. The second kappa shape index (κ2) is 11.0. The van der Waals surface area contributed by atoms with Gasteiger partial charge in [-0.3, -0.25) is 4.79 Å². The number of ketones is 1. The predicted octanol–water partition coefficient (Wildman–Crippen LogP) is 9.75. The van der Waals surface area contributed by atoms with Gasteiger partial charge in [0.05, 0.1) is 0 Å². The zero-order chi connectivity index (χ0) is 30.0. The lowest BCUT2D eigenvalue weighted by atomic mass is 9.75. The van der Waals surface area contributed by atoms with E-state index in [1.165, 1.54) is 0 Å². The Morgan fingerprint density at radius 1 is 0.690 bits per heavy atom. The number of halogens is 4. The van der Waals surface area contributed by atoms with Crippen molar-refractivity contribution in [3.8, 4) is 45.3 Å². The number of hydrogen-bond acceptors (Lipinski definition) is 5. The van der Waals surface area contributed by atoms with Crippen molar-refractivity contribution in [3.63, 3.8) is 0 Å². The molecular weight excluding hydrogens is 796 g/mol. The van der Waals surface area contributed by atoms with Crippen molar-refractivity contribution in [2.75, 3.05) is 0 Å². The summed E-state index contributed by atoms with van der Waals surface area (Å²) >= 11 is 15.4. The Balaban J connectivity index is 1.65. The molecule has 0 saturated carbocycles. The number of hydrogen-bond donors (Lipinski definition) is 2. The summed E-state index contributed by atoms with van der Waals surface area (Å²) in [5, 5.41) is 21.8. The van der Waals surface area contributed by atoms with Crippen LogP contribution in [0.2, 0.25) is 0 Å². The number of carbonyl (C=O) groups excluding carboxylic acids is 1. The van der Waals surface area contributed by atoms with Gasteiger partial charge in [-0.25, -0.2) is 0 Å².